The van der Waals surface area contributed by atoms with E-state index in [1.54, 1.807) is 0 Å². The standard InChI is InChI=1S/C15H24N4O/c1-4-18(5-2)14-9-13(16-11-17-14)15(20)19-8-6-7-12(3)10-19/h9,11-12H,4-8,10H2,1-3H3. The van der Waals surface area contributed by atoms with Crippen molar-refractivity contribution < 1.29 is 4.79 Å². The third kappa shape index (κ3) is 3.26. The molecular weight excluding hydrogens is 252 g/mol. The molecule has 20 heavy (non-hydrogen) atoms. The first-order valence-electron chi connectivity index (χ1n) is 7.52. The highest BCUT2D eigenvalue weighted by molar-refractivity contribution is 5.93. The summed E-state index contributed by atoms with van der Waals surface area (Å²) >= 11 is 0. The summed E-state index contributed by atoms with van der Waals surface area (Å²) in [5.41, 5.74) is 0.510. The second kappa shape index (κ2) is 6.68. The molecule has 0 aromatic carbocycles. The molecule has 1 aromatic rings. The van der Waals surface area contributed by atoms with E-state index >= 15 is 0 Å². The van der Waals surface area contributed by atoms with E-state index in [0.717, 1.165) is 38.4 Å². The molecule has 1 aliphatic rings. The molecule has 0 spiro atoms. The third-order valence-electron chi connectivity index (χ3n) is 3.90. The van der Waals surface area contributed by atoms with Crippen LogP contribution in [0.15, 0.2) is 12.4 Å². The quantitative estimate of drug-likeness (QED) is 0.846. The zero-order chi connectivity index (χ0) is 14.5. The smallest absolute Gasteiger partial charge is 0.272 e. The van der Waals surface area contributed by atoms with Crippen molar-refractivity contribution in [3.63, 3.8) is 0 Å². The molecule has 110 valence electrons. The van der Waals surface area contributed by atoms with Crippen LogP contribution in [0.5, 0.6) is 0 Å². The number of hydrogen-bond donors (Lipinski definition) is 0. The van der Waals surface area contributed by atoms with Crippen molar-refractivity contribution in [2.75, 3.05) is 31.1 Å². The molecule has 5 heteroatoms. The molecule has 5 nitrogen and oxygen atoms in total. The topological polar surface area (TPSA) is 49.3 Å². The Hall–Kier alpha value is -1.65. The van der Waals surface area contributed by atoms with Crippen LogP contribution in [-0.2, 0) is 0 Å². The van der Waals surface area contributed by atoms with Gasteiger partial charge in [0.25, 0.3) is 5.91 Å². The zero-order valence-electron chi connectivity index (χ0n) is 12.7. The molecule has 0 radical (unpaired) electrons. The highest BCUT2D eigenvalue weighted by Gasteiger charge is 2.23. The summed E-state index contributed by atoms with van der Waals surface area (Å²) in [5.74, 6) is 1.45. The fraction of sp³-hybridized carbons (Fsp3) is 0.667. The number of hydrogen-bond acceptors (Lipinski definition) is 4. The average molecular weight is 276 g/mol. The summed E-state index contributed by atoms with van der Waals surface area (Å²) < 4.78 is 0. The predicted molar refractivity (Wildman–Crippen MR) is 79.9 cm³/mol. The molecule has 0 aliphatic carbocycles. The normalized spacial score (nSPS) is 18.9. The highest BCUT2D eigenvalue weighted by Crippen LogP contribution is 2.18. The molecule has 2 heterocycles. The lowest BCUT2D eigenvalue weighted by Crippen LogP contribution is -2.39. The first kappa shape index (κ1) is 14.8. The van der Waals surface area contributed by atoms with Crippen molar-refractivity contribution in [3.05, 3.63) is 18.1 Å². The minimum Gasteiger partial charge on any atom is -0.357 e. The van der Waals surface area contributed by atoms with Crippen molar-refractivity contribution in [2.24, 2.45) is 5.92 Å². The summed E-state index contributed by atoms with van der Waals surface area (Å²) in [5, 5.41) is 0. The lowest BCUT2D eigenvalue weighted by atomic mass is 10.00. The first-order chi connectivity index (χ1) is 9.65. The van der Waals surface area contributed by atoms with Crippen molar-refractivity contribution in [3.8, 4) is 0 Å². The SMILES string of the molecule is CCN(CC)c1cc(C(=O)N2CCCC(C)C2)ncn1. The number of nitrogens with zero attached hydrogens (tertiary/aromatic N) is 4. The second-order valence-corrected chi connectivity index (χ2v) is 5.43. The minimum absolute atomic E-state index is 0.0346. The van der Waals surface area contributed by atoms with Crippen LogP contribution in [0.1, 0.15) is 44.1 Å². The number of anilines is 1. The van der Waals surface area contributed by atoms with Gasteiger partial charge in [0.1, 0.15) is 17.8 Å². The van der Waals surface area contributed by atoms with E-state index in [0.29, 0.717) is 11.6 Å². The number of carbonyl (C=O) groups excluding carboxylic acids is 1. The molecule has 1 aromatic heterocycles. The van der Waals surface area contributed by atoms with Crippen molar-refractivity contribution >= 4 is 11.7 Å². The Balaban J connectivity index is 2.15. The summed E-state index contributed by atoms with van der Waals surface area (Å²) in [6.07, 6.45) is 3.79. The zero-order valence-corrected chi connectivity index (χ0v) is 12.7. The van der Waals surface area contributed by atoms with Crippen LogP contribution < -0.4 is 4.90 Å². The molecule has 1 amide bonds. The second-order valence-electron chi connectivity index (χ2n) is 5.43. The third-order valence-corrected chi connectivity index (χ3v) is 3.90. The van der Waals surface area contributed by atoms with Gasteiger partial charge in [-0.3, -0.25) is 4.79 Å². The van der Waals surface area contributed by atoms with Crippen LogP contribution in [0.2, 0.25) is 0 Å². The van der Waals surface area contributed by atoms with E-state index in [2.05, 4.69) is 35.6 Å². The van der Waals surface area contributed by atoms with Crippen LogP contribution >= 0.6 is 0 Å². The average Bonchev–Trinajstić information content (AvgIpc) is 2.48. The first-order valence-corrected chi connectivity index (χ1v) is 7.52. The van der Waals surface area contributed by atoms with Crippen LogP contribution in [-0.4, -0.2) is 47.0 Å². The Kier molecular flexibility index (Phi) is 4.93. The van der Waals surface area contributed by atoms with Gasteiger partial charge in [-0.1, -0.05) is 6.92 Å². The van der Waals surface area contributed by atoms with Crippen molar-refractivity contribution in [1.29, 1.82) is 0 Å². The number of carbonyl (C=O) groups is 1. The van der Waals surface area contributed by atoms with Gasteiger partial charge in [-0.15, -0.1) is 0 Å². The number of rotatable bonds is 4. The van der Waals surface area contributed by atoms with Gasteiger partial charge >= 0.3 is 0 Å². The molecule has 0 N–H and O–H groups in total. The molecule has 1 aliphatic heterocycles. The lowest BCUT2D eigenvalue weighted by molar-refractivity contribution is 0.0677. The van der Waals surface area contributed by atoms with Gasteiger partial charge in [0.15, 0.2) is 0 Å². The summed E-state index contributed by atoms with van der Waals surface area (Å²) in [6, 6.07) is 1.81. The van der Waals surface area contributed by atoms with Gasteiger partial charge in [-0.25, -0.2) is 9.97 Å². The Labute approximate surface area is 121 Å². The number of piperidine rings is 1. The Morgan fingerprint density at radius 1 is 1.40 bits per heavy atom. The van der Waals surface area contributed by atoms with Gasteiger partial charge in [0.05, 0.1) is 0 Å². The molecule has 0 saturated carbocycles. The maximum Gasteiger partial charge on any atom is 0.272 e. The van der Waals surface area contributed by atoms with Gasteiger partial charge < -0.3 is 9.80 Å². The van der Waals surface area contributed by atoms with Gasteiger partial charge in [0, 0.05) is 32.2 Å². The van der Waals surface area contributed by atoms with Crippen LogP contribution in [0.3, 0.4) is 0 Å². The molecule has 2 rings (SSSR count). The lowest BCUT2D eigenvalue weighted by Gasteiger charge is -2.30. The number of likely N-dealkylation sites (tertiary alicyclic amines) is 1. The van der Waals surface area contributed by atoms with Crippen molar-refractivity contribution in [1.82, 2.24) is 14.9 Å². The summed E-state index contributed by atoms with van der Waals surface area (Å²) in [4.78, 5) is 25.0. The minimum atomic E-state index is 0.0346. The number of amides is 1. The Bertz CT molecular complexity index is 459. The molecular formula is C15H24N4O. The predicted octanol–water partition coefficient (Wildman–Crippen LogP) is 2.19. The maximum absolute atomic E-state index is 12.5. The van der Waals surface area contributed by atoms with Crippen LogP contribution in [0, 0.1) is 5.92 Å². The fourth-order valence-corrected chi connectivity index (χ4v) is 2.72. The van der Waals surface area contributed by atoms with Crippen LogP contribution in [0.25, 0.3) is 0 Å². The summed E-state index contributed by atoms with van der Waals surface area (Å²) in [7, 11) is 0. The van der Waals surface area contributed by atoms with E-state index in [9.17, 15) is 4.79 Å². The van der Waals surface area contributed by atoms with E-state index in [1.807, 2.05) is 11.0 Å². The van der Waals surface area contributed by atoms with E-state index in [4.69, 9.17) is 0 Å². The molecule has 0 bridgehead atoms. The molecule has 1 atom stereocenters. The van der Waals surface area contributed by atoms with E-state index < -0.39 is 0 Å². The van der Waals surface area contributed by atoms with Crippen molar-refractivity contribution in [2.45, 2.75) is 33.6 Å². The van der Waals surface area contributed by atoms with E-state index in [1.165, 1.54) is 12.7 Å². The maximum atomic E-state index is 12.5. The van der Waals surface area contributed by atoms with Crippen LogP contribution in [0.4, 0.5) is 5.82 Å². The Morgan fingerprint density at radius 2 is 2.15 bits per heavy atom. The highest BCUT2D eigenvalue weighted by atomic mass is 16.2. The summed E-state index contributed by atoms with van der Waals surface area (Å²) in [6.45, 7) is 9.79. The largest absolute Gasteiger partial charge is 0.357 e. The molecule has 1 unspecified atom stereocenters. The monoisotopic (exact) mass is 276 g/mol. The fourth-order valence-electron chi connectivity index (χ4n) is 2.72. The van der Waals surface area contributed by atoms with E-state index in [-0.39, 0.29) is 5.91 Å². The van der Waals surface area contributed by atoms with Gasteiger partial charge in [-0.05, 0) is 32.6 Å². The van der Waals surface area contributed by atoms with Gasteiger partial charge in [0.2, 0.25) is 0 Å². The van der Waals surface area contributed by atoms with Gasteiger partial charge in [-0.2, -0.15) is 0 Å². The molecule has 1 saturated heterocycles. The number of aromatic nitrogens is 2. The molecule has 1 fully saturated rings. The Morgan fingerprint density at radius 3 is 2.80 bits per heavy atom.